The van der Waals surface area contributed by atoms with Crippen LogP contribution in [0.3, 0.4) is 0 Å². The Bertz CT molecular complexity index is 1150. The fraction of sp³-hybridized carbons (Fsp3) is 0.154. The minimum atomic E-state index is -0.726. The molecule has 0 saturated carbocycles. The number of pyridine rings is 1. The molecule has 0 aliphatic heterocycles. The third kappa shape index (κ3) is 4.38. The van der Waals surface area contributed by atoms with Gasteiger partial charge in [0.25, 0.3) is 0 Å². The molecule has 0 spiro atoms. The third-order valence-corrected chi connectivity index (χ3v) is 5.37. The molecule has 1 aromatic heterocycles. The molecule has 1 N–H and O–H groups in total. The molecule has 150 valence electrons. The molecule has 3 nitrogen and oxygen atoms in total. The van der Waals surface area contributed by atoms with E-state index in [0.717, 1.165) is 22.0 Å². The van der Waals surface area contributed by atoms with Crippen LogP contribution < -0.4 is 5.32 Å². The van der Waals surface area contributed by atoms with E-state index in [4.69, 9.17) is 0 Å². The second-order valence-electron chi connectivity index (χ2n) is 7.86. The van der Waals surface area contributed by atoms with Crippen LogP contribution >= 0.6 is 0 Å². The molecule has 0 bridgehead atoms. The van der Waals surface area contributed by atoms with Crippen molar-refractivity contribution in [1.29, 1.82) is 0 Å². The molecule has 4 heteroatoms. The average molecular weight is 398 g/mol. The molecule has 1 unspecified atom stereocenters. The van der Waals surface area contributed by atoms with E-state index in [9.17, 15) is 9.18 Å². The van der Waals surface area contributed by atoms with Gasteiger partial charge in [-0.25, -0.2) is 4.39 Å². The Morgan fingerprint density at radius 2 is 1.53 bits per heavy atom. The topological polar surface area (TPSA) is 42.0 Å². The number of carbonyl (C=O) groups is 1. The molecular formula is C26H23FN2O. The predicted octanol–water partition coefficient (Wildman–Crippen LogP) is 5.80. The Balaban J connectivity index is 1.66. The molecule has 0 fully saturated rings. The monoisotopic (exact) mass is 398 g/mol. The summed E-state index contributed by atoms with van der Waals surface area (Å²) in [7, 11) is 0. The highest BCUT2D eigenvalue weighted by atomic mass is 19.1. The van der Waals surface area contributed by atoms with E-state index in [1.54, 1.807) is 18.3 Å². The first-order chi connectivity index (χ1) is 14.5. The largest absolute Gasteiger partial charge is 0.324 e. The molecule has 1 heterocycles. The van der Waals surface area contributed by atoms with Crippen LogP contribution in [0.5, 0.6) is 0 Å². The van der Waals surface area contributed by atoms with E-state index < -0.39 is 5.41 Å². The zero-order valence-corrected chi connectivity index (χ0v) is 16.8. The van der Waals surface area contributed by atoms with Gasteiger partial charge in [-0.05, 0) is 48.2 Å². The van der Waals surface area contributed by atoms with Crippen LogP contribution in [0.15, 0.2) is 91.1 Å². The molecule has 1 atom stereocenters. The zero-order valence-electron chi connectivity index (χ0n) is 16.8. The first kappa shape index (κ1) is 19.8. The molecule has 3 aromatic carbocycles. The smallest absolute Gasteiger partial charge is 0.231 e. The van der Waals surface area contributed by atoms with Crippen LogP contribution in [0.25, 0.3) is 10.9 Å². The summed E-state index contributed by atoms with van der Waals surface area (Å²) in [6.45, 7) is 1.96. The molecule has 1 amide bonds. The first-order valence-electron chi connectivity index (χ1n) is 9.97. The number of benzene rings is 3. The number of aromatic nitrogens is 1. The highest BCUT2D eigenvalue weighted by Gasteiger charge is 2.34. The maximum absolute atomic E-state index is 13.5. The number of hydrogen-bond acceptors (Lipinski definition) is 2. The molecule has 0 radical (unpaired) electrons. The molecule has 0 aliphatic rings. The van der Waals surface area contributed by atoms with E-state index in [1.165, 1.54) is 12.1 Å². The number of nitrogens with zero attached hydrogens (tertiary/aromatic N) is 1. The Labute approximate surface area is 175 Å². The average Bonchev–Trinajstić information content (AvgIpc) is 2.76. The molecule has 30 heavy (non-hydrogen) atoms. The van der Waals surface area contributed by atoms with Crippen LogP contribution in [0, 0.1) is 11.2 Å². The van der Waals surface area contributed by atoms with E-state index >= 15 is 0 Å². The molecule has 4 aromatic rings. The van der Waals surface area contributed by atoms with Gasteiger partial charge in [0.1, 0.15) is 5.82 Å². The van der Waals surface area contributed by atoms with Crippen molar-refractivity contribution in [2.45, 2.75) is 19.8 Å². The summed E-state index contributed by atoms with van der Waals surface area (Å²) >= 11 is 0. The Morgan fingerprint density at radius 3 is 2.27 bits per heavy atom. The Morgan fingerprint density at radius 1 is 0.867 bits per heavy atom. The first-order valence-corrected chi connectivity index (χ1v) is 9.97. The zero-order chi connectivity index (χ0) is 21.0. The fourth-order valence-electron chi connectivity index (χ4n) is 3.80. The standard InChI is InChI=1S/C26H23FN2O/c1-26(17-19-7-3-2-4-8-19,18-20-12-14-22(27)15-13-20)25(30)29-23-11-5-9-21-10-6-16-28-24(21)23/h2-16H,17-18H2,1H3,(H,29,30). The number of fused-ring (bicyclic) bond motifs is 1. The van der Waals surface area contributed by atoms with Gasteiger partial charge in [0, 0.05) is 11.6 Å². The summed E-state index contributed by atoms with van der Waals surface area (Å²) in [6, 6.07) is 25.9. The van der Waals surface area contributed by atoms with Crippen LogP contribution in [0.4, 0.5) is 10.1 Å². The number of halogens is 1. The molecule has 0 aliphatic carbocycles. The maximum Gasteiger partial charge on any atom is 0.231 e. The number of anilines is 1. The predicted molar refractivity (Wildman–Crippen MR) is 119 cm³/mol. The molecule has 4 rings (SSSR count). The van der Waals surface area contributed by atoms with E-state index in [0.29, 0.717) is 18.5 Å². The molecule has 0 saturated heterocycles. The summed E-state index contributed by atoms with van der Waals surface area (Å²) in [5.41, 5.74) is 2.72. The van der Waals surface area contributed by atoms with Crippen molar-refractivity contribution in [1.82, 2.24) is 4.98 Å². The lowest BCUT2D eigenvalue weighted by atomic mass is 9.77. The normalized spacial score (nSPS) is 13.0. The minimum Gasteiger partial charge on any atom is -0.324 e. The maximum atomic E-state index is 13.5. The van der Waals surface area contributed by atoms with Gasteiger partial charge in [0.15, 0.2) is 0 Å². The van der Waals surface area contributed by atoms with Crippen molar-refractivity contribution in [2.75, 3.05) is 5.32 Å². The van der Waals surface area contributed by atoms with Crippen LogP contribution in [0.1, 0.15) is 18.1 Å². The summed E-state index contributed by atoms with van der Waals surface area (Å²) in [5, 5.41) is 4.07. The summed E-state index contributed by atoms with van der Waals surface area (Å²) in [4.78, 5) is 18.0. The Kier molecular flexibility index (Phi) is 5.57. The van der Waals surface area contributed by atoms with Crippen LogP contribution in [-0.2, 0) is 17.6 Å². The van der Waals surface area contributed by atoms with Gasteiger partial charge in [0.05, 0.1) is 16.6 Å². The number of nitrogens with one attached hydrogen (secondary N) is 1. The van der Waals surface area contributed by atoms with Gasteiger partial charge in [-0.15, -0.1) is 0 Å². The highest BCUT2D eigenvalue weighted by Crippen LogP contribution is 2.31. The van der Waals surface area contributed by atoms with Gasteiger partial charge in [-0.2, -0.15) is 0 Å². The van der Waals surface area contributed by atoms with Crippen molar-refractivity contribution in [3.05, 3.63) is 108 Å². The second-order valence-corrected chi connectivity index (χ2v) is 7.86. The number of amides is 1. The Hall–Kier alpha value is -3.53. The SMILES string of the molecule is CC(Cc1ccccc1)(Cc1ccc(F)cc1)C(=O)Nc1cccc2cccnc12. The fourth-order valence-corrected chi connectivity index (χ4v) is 3.80. The minimum absolute atomic E-state index is 0.0890. The number of rotatable bonds is 6. The third-order valence-electron chi connectivity index (χ3n) is 5.37. The van der Waals surface area contributed by atoms with Crippen LogP contribution in [0.2, 0.25) is 0 Å². The van der Waals surface area contributed by atoms with Crippen molar-refractivity contribution in [3.8, 4) is 0 Å². The summed E-state index contributed by atoms with van der Waals surface area (Å²) < 4.78 is 13.4. The molecular weight excluding hydrogens is 375 g/mol. The van der Waals surface area contributed by atoms with Crippen molar-refractivity contribution >= 4 is 22.5 Å². The summed E-state index contributed by atoms with van der Waals surface area (Å²) in [6.07, 6.45) is 2.78. The van der Waals surface area contributed by atoms with Gasteiger partial charge in [0.2, 0.25) is 5.91 Å². The lowest BCUT2D eigenvalue weighted by Gasteiger charge is -2.29. The van der Waals surface area contributed by atoms with Gasteiger partial charge < -0.3 is 5.32 Å². The quantitative estimate of drug-likeness (QED) is 0.446. The van der Waals surface area contributed by atoms with Gasteiger partial charge in [-0.3, -0.25) is 9.78 Å². The lowest BCUT2D eigenvalue weighted by molar-refractivity contribution is -0.124. The van der Waals surface area contributed by atoms with Crippen molar-refractivity contribution in [2.24, 2.45) is 5.41 Å². The van der Waals surface area contributed by atoms with E-state index in [1.807, 2.05) is 67.6 Å². The van der Waals surface area contributed by atoms with E-state index in [2.05, 4.69) is 10.3 Å². The van der Waals surface area contributed by atoms with Gasteiger partial charge >= 0.3 is 0 Å². The van der Waals surface area contributed by atoms with E-state index in [-0.39, 0.29) is 11.7 Å². The van der Waals surface area contributed by atoms with Crippen LogP contribution in [-0.4, -0.2) is 10.9 Å². The number of carbonyl (C=O) groups excluding carboxylic acids is 1. The summed E-state index contributed by atoms with van der Waals surface area (Å²) in [5.74, 6) is -0.372. The van der Waals surface area contributed by atoms with Crippen molar-refractivity contribution in [3.63, 3.8) is 0 Å². The van der Waals surface area contributed by atoms with Gasteiger partial charge in [-0.1, -0.05) is 67.6 Å². The number of hydrogen-bond donors (Lipinski definition) is 1. The number of para-hydroxylation sites is 1. The second kappa shape index (κ2) is 8.46. The highest BCUT2D eigenvalue weighted by molar-refractivity contribution is 6.02. The van der Waals surface area contributed by atoms with Crippen molar-refractivity contribution < 1.29 is 9.18 Å². The lowest BCUT2D eigenvalue weighted by Crippen LogP contribution is -2.37.